The maximum Gasteiger partial charge on any atom is 0.154 e. The molecule has 0 aliphatic carbocycles. The molecule has 0 saturated carbocycles. The highest BCUT2D eigenvalue weighted by molar-refractivity contribution is 5.87. The topological polar surface area (TPSA) is 111 Å². The van der Waals surface area contributed by atoms with E-state index in [9.17, 15) is 5.11 Å². The van der Waals surface area contributed by atoms with Crippen molar-refractivity contribution in [1.29, 1.82) is 0 Å². The first-order chi connectivity index (χ1) is 9.13. The molecule has 0 fully saturated rings. The van der Waals surface area contributed by atoms with Gasteiger partial charge in [0, 0.05) is 11.6 Å². The number of hydrogen-bond donors (Lipinski definition) is 3. The van der Waals surface area contributed by atoms with Gasteiger partial charge in [-0.05, 0) is 12.1 Å². The second kappa shape index (κ2) is 4.09. The third kappa shape index (κ3) is 1.99. The summed E-state index contributed by atoms with van der Waals surface area (Å²) >= 11 is 0. The Morgan fingerprint density at radius 3 is 2.68 bits per heavy atom. The van der Waals surface area contributed by atoms with E-state index in [1.807, 2.05) is 6.07 Å². The molecule has 19 heavy (non-hydrogen) atoms. The molecule has 0 amide bonds. The van der Waals surface area contributed by atoms with Gasteiger partial charge in [0.25, 0.3) is 0 Å². The fourth-order valence-electron chi connectivity index (χ4n) is 1.86. The Balaban J connectivity index is 2.22. The van der Waals surface area contributed by atoms with Crippen molar-refractivity contribution in [3.05, 3.63) is 36.5 Å². The Kier molecular flexibility index (Phi) is 2.42. The fraction of sp³-hybridized carbons (Fsp3) is 0. The number of benzene rings is 1. The maximum atomic E-state index is 9.48. The minimum atomic E-state index is 0.169. The first kappa shape index (κ1) is 11.2. The number of nitrogens with two attached hydrogens (primary N) is 2. The number of phenols is 1. The number of nitrogen functional groups attached to an aromatic ring is 2. The second-order valence-electron chi connectivity index (χ2n) is 4.11. The molecule has 0 spiro atoms. The van der Waals surface area contributed by atoms with Gasteiger partial charge < -0.3 is 16.6 Å². The molecule has 0 unspecified atom stereocenters. The van der Waals surface area contributed by atoms with Crippen LogP contribution in [0.25, 0.3) is 22.3 Å². The highest BCUT2D eigenvalue weighted by Gasteiger charge is 2.07. The van der Waals surface area contributed by atoms with Crippen molar-refractivity contribution < 1.29 is 5.11 Å². The number of nitrogens with zero attached hydrogens (tertiary/aromatic N) is 3. The van der Waals surface area contributed by atoms with Crippen LogP contribution >= 0.6 is 0 Å². The molecule has 0 atom stereocenters. The van der Waals surface area contributed by atoms with Crippen molar-refractivity contribution in [2.24, 2.45) is 0 Å². The Morgan fingerprint density at radius 2 is 1.89 bits per heavy atom. The Bertz CT molecular complexity index is 772. The van der Waals surface area contributed by atoms with Crippen molar-refractivity contribution in [2.45, 2.75) is 0 Å². The summed E-state index contributed by atoms with van der Waals surface area (Å²) in [6.07, 6.45) is 1.61. The van der Waals surface area contributed by atoms with Crippen LogP contribution in [0.1, 0.15) is 0 Å². The molecule has 0 aliphatic heterocycles. The van der Waals surface area contributed by atoms with E-state index in [-0.39, 0.29) is 11.6 Å². The number of aromatic hydroxyl groups is 1. The highest BCUT2D eigenvalue weighted by Crippen LogP contribution is 2.24. The average molecular weight is 253 g/mol. The predicted octanol–water partition coefficient (Wildman–Crippen LogP) is 1.56. The molecule has 0 aliphatic rings. The van der Waals surface area contributed by atoms with Crippen LogP contribution in [0.5, 0.6) is 5.75 Å². The monoisotopic (exact) mass is 253 g/mol. The minimum Gasteiger partial charge on any atom is -0.508 e. The third-order valence-electron chi connectivity index (χ3n) is 2.72. The summed E-state index contributed by atoms with van der Waals surface area (Å²) in [5.74, 6) is 0.719. The molecule has 3 aromatic rings. The molecule has 0 bridgehead atoms. The molecule has 0 radical (unpaired) electrons. The predicted molar refractivity (Wildman–Crippen MR) is 73.3 cm³/mol. The van der Waals surface area contributed by atoms with E-state index < -0.39 is 0 Å². The molecular formula is C13H11N5O. The van der Waals surface area contributed by atoms with Gasteiger partial charge in [0.15, 0.2) is 5.82 Å². The van der Waals surface area contributed by atoms with Crippen molar-refractivity contribution in [1.82, 2.24) is 15.0 Å². The fourth-order valence-corrected chi connectivity index (χ4v) is 1.86. The van der Waals surface area contributed by atoms with Crippen LogP contribution in [0.15, 0.2) is 36.5 Å². The van der Waals surface area contributed by atoms with E-state index in [0.717, 1.165) is 5.56 Å². The third-order valence-corrected chi connectivity index (χ3v) is 2.72. The summed E-state index contributed by atoms with van der Waals surface area (Å²) in [5, 5.41) is 9.48. The van der Waals surface area contributed by atoms with Crippen LogP contribution in [0, 0.1) is 0 Å². The van der Waals surface area contributed by atoms with E-state index in [1.54, 1.807) is 30.5 Å². The van der Waals surface area contributed by atoms with Crippen LogP contribution in [0.2, 0.25) is 0 Å². The molecule has 5 N–H and O–H groups in total. The zero-order valence-electron chi connectivity index (χ0n) is 9.91. The van der Waals surface area contributed by atoms with Crippen LogP contribution in [0.3, 0.4) is 0 Å². The standard InChI is InChI=1S/C13H11N5O/c14-11-5-9-12(13(15)18-11)17-10(6-16-9)7-2-1-3-8(19)4-7/h1-6,19H,(H4,14,15,18). The smallest absolute Gasteiger partial charge is 0.154 e. The number of anilines is 2. The van der Waals surface area contributed by atoms with Crippen LogP contribution in [-0.2, 0) is 0 Å². The van der Waals surface area contributed by atoms with E-state index in [1.165, 1.54) is 0 Å². The quantitative estimate of drug-likeness (QED) is 0.607. The SMILES string of the molecule is Nc1cc2ncc(-c3cccc(O)c3)nc2c(N)n1. The van der Waals surface area contributed by atoms with Gasteiger partial charge >= 0.3 is 0 Å². The van der Waals surface area contributed by atoms with Crippen molar-refractivity contribution in [2.75, 3.05) is 11.5 Å². The summed E-state index contributed by atoms with van der Waals surface area (Å²) < 4.78 is 0. The zero-order chi connectivity index (χ0) is 13.4. The number of rotatable bonds is 1. The van der Waals surface area contributed by atoms with Gasteiger partial charge in [0.05, 0.1) is 17.4 Å². The number of aromatic nitrogens is 3. The molecule has 2 aromatic heterocycles. The highest BCUT2D eigenvalue weighted by atomic mass is 16.3. The van der Waals surface area contributed by atoms with E-state index in [2.05, 4.69) is 15.0 Å². The number of pyridine rings is 1. The zero-order valence-corrected chi connectivity index (χ0v) is 9.91. The van der Waals surface area contributed by atoms with Gasteiger partial charge in [-0.1, -0.05) is 12.1 Å². The van der Waals surface area contributed by atoms with Gasteiger partial charge in [-0.15, -0.1) is 0 Å². The van der Waals surface area contributed by atoms with Gasteiger partial charge in [0.2, 0.25) is 0 Å². The summed E-state index contributed by atoms with van der Waals surface area (Å²) in [5.41, 5.74) is 13.8. The number of fused-ring (bicyclic) bond motifs is 1. The Hall–Kier alpha value is -2.89. The number of phenolic OH excluding ortho intramolecular Hbond substituents is 1. The molecule has 3 rings (SSSR count). The lowest BCUT2D eigenvalue weighted by Crippen LogP contribution is -2.00. The van der Waals surface area contributed by atoms with Crippen LogP contribution < -0.4 is 11.5 Å². The molecule has 0 saturated heterocycles. The lowest BCUT2D eigenvalue weighted by atomic mass is 10.1. The van der Waals surface area contributed by atoms with E-state index in [0.29, 0.717) is 22.5 Å². The van der Waals surface area contributed by atoms with Gasteiger partial charge in [-0.3, -0.25) is 4.98 Å². The van der Waals surface area contributed by atoms with Gasteiger partial charge in [-0.25, -0.2) is 9.97 Å². The average Bonchev–Trinajstić information content (AvgIpc) is 2.38. The van der Waals surface area contributed by atoms with Crippen molar-refractivity contribution in [3.63, 3.8) is 0 Å². The lowest BCUT2D eigenvalue weighted by Gasteiger charge is -2.05. The maximum absolute atomic E-state index is 9.48. The van der Waals surface area contributed by atoms with Crippen molar-refractivity contribution >= 4 is 22.7 Å². The Labute approximate surface area is 108 Å². The minimum absolute atomic E-state index is 0.169. The molecule has 2 heterocycles. The lowest BCUT2D eigenvalue weighted by molar-refractivity contribution is 0.475. The number of hydrogen-bond acceptors (Lipinski definition) is 6. The summed E-state index contributed by atoms with van der Waals surface area (Å²) in [4.78, 5) is 12.6. The Morgan fingerprint density at radius 1 is 1.05 bits per heavy atom. The molecule has 6 heteroatoms. The second-order valence-corrected chi connectivity index (χ2v) is 4.11. The van der Waals surface area contributed by atoms with Gasteiger partial charge in [0.1, 0.15) is 17.1 Å². The summed E-state index contributed by atoms with van der Waals surface area (Å²) in [6, 6.07) is 8.38. The van der Waals surface area contributed by atoms with Gasteiger partial charge in [-0.2, -0.15) is 0 Å². The van der Waals surface area contributed by atoms with E-state index in [4.69, 9.17) is 11.5 Å². The van der Waals surface area contributed by atoms with E-state index >= 15 is 0 Å². The molecular weight excluding hydrogens is 242 g/mol. The molecule has 94 valence electrons. The van der Waals surface area contributed by atoms with Crippen LogP contribution in [0.4, 0.5) is 11.6 Å². The van der Waals surface area contributed by atoms with Crippen LogP contribution in [-0.4, -0.2) is 20.1 Å². The first-order valence-electron chi connectivity index (χ1n) is 5.61. The molecule has 6 nitrogen and oxygen atoms in total. The molecule has 1 aromatic carbocycles. The summed E-state index contributed by atoms with van der Waals surface area (Å²) in [6.45, 7) is 0. The normalized spacial score (nSPS) is 10.7. The summed E-state index contributed by atoms with van der Waals surface area (Å²) in [7, 11) is 0. The van der Waals surface area contributed by atoms with Crippen molar-refractivity contribution in [3.8, 4) is 17.0 Å². The largest absolute Gasteiger partial charge is 0.508 e. The first-order valence-corrected chi connectivity index (χ1v) is 5.61.